The summed E-state index contributed by atoms with van der Waals surface area (Å²) in [4.78, 5) is 4.58. The number of aromatic amines is 1. The molecule has 0 bridgehead atoms. The van der Waals surface area contributed by atoms with E-state index < -0.39 is 0 Å². The molecule has 3 heterocycles. The summed E-state index contributed by atoms with van der Waals surface area (Å²) in [5.41, 5.74) is 0.972. The first kappa shape index (κ1) is 14.0. The van der Waals surface area contributed by atoms with Gasteiger partial charge >= 0.3 is 0 Å². The lowest BCUT2D eigenvalue weighted by Crippen LogP contribution is -1.92. The van der Waals surface area contributed by atoms with E-state index in [0.717, 1.165) is 21.0 Å². The summed E-state index contributed by atoms with van der Waals surface area (Å²) in [5, 5.41) is 11.8. The van der Waals surface area contributed by atoms with Crippen molar-refractivity contribution in [1.29, 1.82) is 0 Å². The van der Waals surface area contributed by atoms with Crippen molar-refractivity contribution in [3.63, 3.8) is 0 Å². The van der Waals surface area contributed by atoms with Crippen molar-refractivity contribution in [3.05, 3.63) is 52.8 Å². The number of thiazole rings is 1. The minimum atomic E-state index is 0.441. The van der Waals surface area contributed by atoms with Gasteiger partial charge in [0.2, 0.25) is 4.77 Å². The van der Waals surface area contributed by atoms with E-state index in [0.29, 0.717) is 16.4 Å². The van der Waals surface area contributed by atoms with E-state index in [1.54, 1.807) is 17.6 Å². The summed E-state index contributed by atoms with van der Waals surface area (Å²) in [6.45, 7) is 1.82. The summed E-state index contributed by atoms with van der Waals surface area (Å²) < 4.78 is 8.91. The number of para-hydroxylation sites is 1. The number of aromatic nitrogens is 4. The lowest BCUT2D eigenvalue weighted by atomic mass is 10.3. The minimum absolute atomic E-state index is 0.441. The lowest BCUT2D eigenvalue weighted by Gasteiger charge is -1.92. The van der Waals surface area contributed by atoms with Crippen LogP contribution in [-0.4, -0.2) is 26.1 Å². The fourth-order valence-electron chi connectivity index (χ4n) is 2.14. The quantitative estimate of drug-likeness (QED) is 0.451. The van der Waals surface area contributed by atoms with Crippen molar-refractivity contribution in [2.24, 2.45) is 5.10 Å². The molecule has 0 unspecified atom stereocenters. The van der Waals surface area contributed by atoms with Crippen molar-refractivity contribution in [1.82, 2.24) is 19.9 Å². The second-order valence-corrected chi connectivity index (χ2v) is 6.24. The first-order valence-corrected chi connectivity index (χ1v) is 8.07. The smallest absolute Gasteiger partial charge is 0.216 e. The molecule has 0 saturated heterocycles. The molecule has 0 amide bonds. The molecule has 4 rings (SSSR count). The maximum Gasteiger partial charge on any atom is 0.216 e. The second kappa shape index (κ2) is 5.56. The highest BCUT2D eigenvalue weighted by atomic mass is 32.1. The van der Waals surface area contributed by atoms with E-state index >= 15 is 0 Å². The van der Waals surface area contributed by atoms with E-state index in [2.05, 4.69) is 20.3 Å². The fraction of sp³-hybridized carbons (Fsp3) is 0.0667. The van der Waals surface area contributed by atoms with Crippen molar-refractivity contribution < 1.29 is 4.42 Å². The van der Waals surface area contributed by atoms with Crippen LogP contribution in [0, 0.1) is 11.7 Å². The van der Waals surface area contributed by atoms with Crippen molar-refractivity contribution in [2.45, 2.75) is 6.92 Å². The third kappa shape index (κ3) is 2.62. The lowest BCUT2D eigenvalue weighted by molar-refractivity contribution is 0.573. The molecule has 0 aliphatic carbocycles. The molecule has 0 fully saturated rings. The summed E-state index contributed by atoms with van der Waals surface area (Å²) >= 11 is 6.70. The summed E-state index contributed by atoms with van der Waals surface area (Å²) in [6, 6.07) is 11.8. The number of H-pyrrole nitrogens is 1. The van der Waals surface area contributed by atoms with Gasteiger partial charge in [-0.1, -0.05) is 12.1 Å². The van der Waals surface area contributed by atoms with Crippen LogP contribution >= 0.6 is 23.6 Å². The second-order valence-electron chi connectivity index (χ2n) is 4.82. The molecule has 0 aliphatic rings. The molecule has 0 radical (unpaired) electrons. The molecule has 0 saturated carbocycles. The molecular formula is C15H11N5OS2. The van der Waals surface area contributed by atoms with Crippen LogP contribution in [0.5, 0.6) is 0 Å². The third-order valence-electron chi connectivity index (χ3n) is 3.24. The first-order chi connectivity index (χ1) is 11.2. The SMILES string of the molecule is Cc1n[nH]c(=S)n1/N=C\c1ccc(-c2nc3ccccc3s2)o1. The Kier molecular flexibility index (Phi) is 3.40. The number of nitrogens with one attached hydrogen (secondary N) is 1. The molecule has 114 valence electrons. The van der Waals surface area contributed by atoms with Gasteiger partial charge in [-0.2, -0.15) is 14.9 Å². The largest absolute Gasteiger partial charge is 0.453 e. The highest BCUT2D eigenvalue weighted by Gasteiger charge is 2.09. The van der Waals surface area contributed by atoms with Crippen LogP contribution in [0.2, 0.25) is 0 Å². The number of rotatable bonds is 3. The molecule has 1 N–H and O–H groups in total. The van der Waals surface area contributed by atoms with E-state index in [9.17, 15) is 0 Å². The van der Waals surface area contributed by atoms with Gasteiger partial charge in [-0.05, 0) is 43.4 Å². The van der Waals surface area contributed by atoms with E-state index in [1.807, 2.05) is 43.3 Å². The van der Waals surface area contributed by atoms with Gasteiger partial charge in [0.15, 0.2) is 10.8 Å². The molecule has 0 atom stereocenters. The van der Waals surface area contributed by atoms with Crippen molar-refractivity contribution in [3.8, 4) is 10.8 Å². The van der Waals surface area contributed by atoms with E-state index in [1.165, 1.54) is 4.68 Å². The predicted octanol–water partition coefficient (Wildman–Crippen LogP) is 4.00. The van der Waals surface area contributed by atoms with Gasteiger partial charge in [0, 0.05) is 0 Å². The van der Waals surface area contributed by atoms with Gasteiger partial charge in [0.25, 0.3) is 0 Å². The highest BCUT2D eigenvalue weighted by Crippen LogP contribution is 2.30. The molecule has 8 heteroatoms. The number of fused-ring (bicyclic) bond motifs is 1. The number of furan rings is 1. The fourth-order valence-corrected chi connectivity index (χ4v) is 3.29. The zero-order valence-electron chi connectivity index (χ0n) is 12.1. The van der Waals surface area contributed by atoms with E-state index in [4.69, 9.17) is 16.6 Å². The monoisotopic (exact) mass is 341 g/mol. The Morgan fingerprint density at radius 2 is 2.17 bits per heavy atom. The topological polar surface area (TPSA) is 72.0 Å². The van der Waals surface area contributed by atoms with Gasteiger partial charge in [-0.3, -0.25) is 5.10 Å². The van der Waals surface area contributed by atoms with E-state index in [-0.39, 0.29) is 0 Å². The van der Waals surface area contributed by atoms with Crippen LogP contribution in [0.25, 0.3) is 21.0 Å². The number of aryl methyl sites for hydroxylation is 1. The van der Waals surface area contributed by atoms with Crippen LogP contribution in [-0.2, 0) is 0 Å². The van der Waals surface area contributed by atoms with Crippen LogP contribution in [0.3, 0.4) is 0 Å². The number of hydrogen-bond donors (Lipinski definition) is 1. The van der Waals surface area contributed by atoms with Gasteiger partial charge in [-0.25, -0.2) is 4.98 Å². The molecule has 23 heavy (non-hydrogen) atoms. The molecule has 0 spiro atoms. The third-order valence-corrected chi connectivity index (χ3v) is 4.56. The van der Waals surface area contributed by atoms with Crippen molar-refractivity contribution >= 4 is 40.0 Å². The van der Waals surface area contributed by atoms with Crippen LogP contribution in [0.1, 0.15) is 11.6 Å². The zero-order chi connectivity index (χ0) is 15.8. The average molecular weight is 341 g/mol. The van der Waals surface area contributed by atoms with Gasteiger partial charge in [-0.15, -0.1) is 11.3 Å². The first-order valence-electron chi connectivity index (χ1n) is 6.85. The Morgan fingerprint density at radius 3 is 2.96 bits per heavy atom. The van der Waals surface area contributed by atoms with Crippen LogP contribution < -0.4 is 0 Å². The number of nitrogens with zero attached hydrogens (tertiary/aromatic N) is 4. The Bertz CT molecular complexity index is 1040. The van der Waals surface area contributed by atoms with Gasteiger partial charge in [0.1, 0.15) is 11.6 Å². The maximum absolute atomic E-state index is 5.80. The molecule has 0 aliphatic heterocycles. The average Bonchev–Trinajstić information content (AvgIpc) is 3.25. The van der Waals surface area contributed by atoms with Crippen LogP contribution in [0.15, 0.2) is 45.9 Å². The minimum Gasteiger partial charge on any atom is -0.453 e. The van der Waals surface area contributed by atoms with Crippen LogP contribution in [0.4, 0.5) is 0 Å². The summed E-state index contributed by atoms with van der Waals surface area (Å²) in [5.74, 6) is 2.03. The molecule has 4 aromatic rings. The Labute approximate surface area is 140 Å². The summed E-state index contributed by atoms with van der Waals surface area (Å²) in [6.07, 6.45) is 1.61. The van der Waals surface area contributed by atoms with Gasteiger partial charge in [0.05, 0.1) is 16.4 Å². The zero-order valence-corrected chi connectivity index (χ0v) is 13.7. The molecule has 6 nitrogen and oxygen atoms in total. The standard InChI is InChI=1S/C15H11N5OS2/c1-9-18-19-15(22)20(9)16-8-10-6-7-12(21-10)14-17-11-4-2-3-5-13(11)23-14/h2-8H,1H3,(H,19,22)/b16-8-. The number of benzene rings is 1. The molecule has 1 aromatic carbocycles. The Morgan fingerprint density at radius 1 is 1.30 bits per heavy atom. The Hall–Kier alpha value is -2.58. The predicted molar refractivity (Wildman–Crippen MR) is 92.5 cm³/mol. The Balaban J connectivity index is 1.65. The normalized spacial score (nSPS) is 11.7. The number of hydrogen-bond acceptors (Lipinski definition) is 6. The molecule has 3 aromatic heterocycles. The maximum atomic E-state index is 5.80. The molecular weight excluding hydrogens is 330 g/mol. The van der Waals surface area contributed by atoms with Gasteiger partial charge < -0.3 is 4.42 Å². The highest BCUT2D eigenvalue weighted by molar-refractivity contribution is 7.71. The summed E-state index contributed by atoms with van der Waals surface area (Å²) in [7, 11) is 0. The van der Waals surface area contributed by atoms with Crippen molar-refractivity contribution in [2.75, 3.05) is 0 Å².